The van der Waals surface area contributed by atoms with Crippen molar-refractivity contribution in [1.29, 1.82) is 0 Å². The average Bonchev–Trinajstić information content (AvgIpc) is 2.49. The fourth-order valence-electron chi connectivity index (χ4n) is 2.74. The molecular formula is C18H30N2O. The lowest BCUT2D eigenvalue weighted by Gasteiger charge is -2.32. The van der Waals surface area contributed by atoms with Crippen molar-refractivity contribution >= 4 is 5.91 Å². The van der Waals surface area contributed by atoms with Crippen molar-refractivity contribution in [3.8, 4) is 0 Å². The Kier molecular flexibility index (Phi) is 7.44. The third kappa shape index (κ3) is 5.16. The van der Waals surface area contributed by atoms with Gasteiger partial charge in [0.15, 0.2) is 0 Å². The van der Waals surface area contributed by atoms with Gasteiger partial charge in [0, 0.05) is 25.0 Å². The van der Waals surface area contributed by atoms with Gasteiger partial charge in [-0.25, -0.2) is 0 Å². The van der Waals surface area contributed by atoms with Crippen molar-refractivity contribution < 1.29 is 4.79 Å². The van der Waals surface area contributed by atoms with E-state index in [0.717, 1.165) is 25.9 Å². The maximum Gasteiger partial charge on any atom is 0.226 e. The molecule has 3 nitrogen and oxygen atoms in total. The summed E-state index contributed by atoms with van der Waals surface area (Å²) in [6, 6.07) is 8.92. The molecule has 0 aromatic heterocycles. The number of nitrogens with zero attached hydrogens (tertiary/aromatic N) is 1. The van der Waals surface area contributed by atoms with Gasteiger partial charge in [-0.05, 0) is 39.3 Å². The molecular weight excluding hydrogens is 260 g/mol. The number of carbonyl (C=O) groups is 1. The summed E-state index contributed by atoms with van der Waals surface area (Å²) in [7, 11) is 1.89. The lowest BCUT2D eigenvalue weighted by molar-refractivity contribution is -0.137. The smallest absolute Gasteiger partial charge is 0.226 e. The minimum Gasteiger partial charge on any atom is -0.339 e. The van der Waals surface area contributed by atoms with Crippen molar-refractivity contribution in [3.05, 3.63) is 35.4 Å². The molecule has 0 aliphatic rings. The van der Waals surface area contributed by atoms with E-state index in [4.69, 9.17) is 0 Å². The lowest BCUT2D eigenvalue weighted by Crippen LogP contribution is -2.45. The minimum atomic E-state index is 0.0296. The van der Waals surface area contributed by atoms with E-state index in [1.54, 1.807) is 0 Å². The summed E-state index contributed by atoms with van der Waals surface area (Å²) in [4.78, 5) is 14.6. The van der Waals surface area contributed by atoms with E-state index in [2.05, 4.69) is 50.4 Å². The van der Waals surface area contributed by atoms with Crippen LogP contribution in [0.15, 0.2) is 24.3 Å². The Bertz CT molecular complexity index is 427. The molecule has 2 unspecified atom stereocenters. The molecule has 1 aromatic rings. The van der Waals surface area contributed by atoms with E-state index in [-0.39, 0.29) is 17.9 Å². The second kappa shape index (κ2) is 8.83. The Morgan fingerprint density at radius 3 is 2.33 bits per heavy atom. The summed E-state index contributed by atoms with van der Waals surface area (Å²) in [5.41, 5.74) is 2.58. The number of aryl methyl sites for hydroxylation is 1. The van der Waals surface area contributed by atoms with Crippen LogP contribution in [0.3, 0.4) is 0 Å². The zero-order valence-corrected chi connectivity index (χ0v) is 14.1. The molecule has 0 radical (unpaired) electrons. The molecule has 1 rings (SSSR count). The first kappa shape index (κ1) is 17.7. The molecule has 1 N–H and O–H groups in total. The van der Waals surface area contributed by atoms with Crippen LogP contribution in [0, 0.1) is 12.8 Å². The Morgan fingerprint density at radius 1 is 1.24 bits per heavy atom. The van der Waals surface area contributed by atoms with Crippen LogP contribution in [-0.4, -0.2) is 37.0 Å². The SMILES string of the molecule is CCC(Cc1ccc(C)cc1)N(CC)C(=O)C(C)CNC. The highest BCUT2D eigenvalue weighted by molar-refractivity contribution is 5.79. The van der Waals surface area contributed by atoms with Gasteiger partial charge in [0.1, 0.15) is 0 Å². The van der Waals surface area contributed by atoms with E-state index < -0.39 is 0 Å². The predicted molar refractivity (Wildman–Crippen MR) is 89.4 cm³/mol. The standard InChI is InChI=1S/C18H30N2O/c1-6-17(12-16-10-8-14(3)9-11-16)20(7-2)18(21)15(4)13-19-5/h8-11,15,17,19H,6-7,12-13H2,1-5H3. The number of rotatable bonds is 8. The van der Waals surface area contributed by atoms with Crippen molar-refractivity contribution in [2.45, 2.75) is 46.6 Å². The molecule has 0 aliphatic carbocycles. The van der Waals surface area contributed by atoms with Crippen LogP contribution in [0.25, 0.3) is 0 Å². The van der Waals surface area contributed by atoms with E-state index in [9.17, 15) is 4.79 Å². The molecule has 3 heteroatoms. The molecule has 0 heterocycles. The van der Waals surface area contributed by atoms with Gasteiger partial charge in [-0.15, -0.1) is 0 Å². The number of hydrogen-bond donors (Lipinski definition) is 1. The number of hydrogen-bond acceptors (Lipinski definition) is 2. The van der Waals surface area contributed by atoms with Crippen LogP contribution in [0.1, 0.15) is 38.3 Å². The zero-order valence-electron chi connectivity index (χ0n) is 14.1. The quantitative estimate of drug-likeness (QED) is 0.798. The van der Waals surface area contributed by atoms with E-state index in [1.165, 1.54) is 11.1 Å². The predicted octanol–water partition coefficient (Wildman–Crippen LogP) is 3.02. The summed E-state index contributed by atoms with van der Waals surface area (Å²) < 4.78 is 0. The Morgan fingerprint density at radius 2 is 1.86 bits per heavy atom. The number of benzene rings is 1. The number of nitrogens with one attached hydrogen (secondary N) is 1. The maximum absolute atomic E-state index is 12.6. The van der Waals surface area contributed by atoms with Gasteiger partial charge >= 0.3 is 0 Å². The van der Waals surface area contributed by atoms with Crippen LogP contribution in [0.2, 0.25) is 0 Å². The van der Waals surface area contributed by atoms with Crippen LogP contribution in [-0.2, 0) is 11.2 Å². The van der Waals surface area contributed by atoms with Gasteiger partial charge in [-0.3, -0.25) is 4.79 Å². The van der Waals surface area contributed by atoms with Crippen molar-refractivity contribution in [2.24, 2.45) is 5.92 Å². The second-order valence-corrected chi connectivity index (χ2v) is 5.83. The van der Waals surface area contributed by atoms with Crippen molar-refractivity contribution in [1.82, 2.24) is 10.2 Å². The van der Waals surface area contributed by atoms with Crippen LogP contribution >= 0.6 is 0 Å². The van der Waals surface area contributed by atoms with Crippen LogP contribution in [0.5, 0.6) is 0 Å². The first-order valence-corrected chi connectivity index (χ1v) is 8.04. The number of amides is 1. The molecule has 1 aromatic carbocycles. The summed E-state index contributed by atoms with van der Waals surface area (Å²) in [6.45, 7) is 9.84. The molecule has 0 fully saturated rings. The molecule has 0 spiro atoms. The second-order valence-electron chi connectivity index (χ2n) is 5.83. The summed E-state index contributed by atoms with van der Waals surface area (Å²) >= 11 is 0. The van der Waals surface area contributed by atoms with Gasteiger partial charge in [0.05, 0.1) is 0 Å². The monoisotopic (exact) mass is 290 g/mol. The van der Waals surface area contributed by atoms with Crippen LogP contribution in [0.4, 0.5) is 0 Å². The van der Waals surface area contributed by atoms with E-state index in [0.29, 0.717) is 0 Å². The summed E-state index contributed by atoms with van der Waals surface area (Å²) in [5, 5.41) is 3.09. The number of carbonyl (C=O) groups excluding carboxylic acids is 1. The zero-order chi connectivity index (χ0) is 15.8. The van der Waals surface area contributed by atoms with Crippen molar-refractivity contribution in [2.75, 3.05) is 20.1 Å². The Hall–Kier alpha value is -1.35. The summed E-state index contributed by atoms with van der Waals surface area (Å²) in [6.07, 6.45) is 1.92. The third-order valence-corrected chi connectivity index (χ3v) is 4.06. The van der Waals surface area contributed by atoms with Crippen molar-refractivity contribution in [3.63, 3.8) is 0 Å². The molecule has 0 saturated heterocycles. The van der Waals surface area contributed by atoms with Crippen LogP contribution < -0.4 is 5.32 Å². The highest BCUT2D eigenvalue weighted by atomic mass is 16.2. The first-order valence-electron chi connectivity index (χ1n) is 8.04. The molecule has 21 heavy (non-hydrogen) atoms. The van der Waals surface area contributed by atoms with Gasteiger partial charge in [-0.2, -0.15) is 0 Å². The largest absolute Gasteiger partial charge is 0.339 e. The first-order chi connectivity index (χ1) is 10.0. The van der Waals surface area contributed by atoms with Gasteiger partial charge in [-0.1, -0.05) is 43.7 Å². The lowest BCUT2D eigenvalue weighted by atomic mass is 9.99. The van der Waals surface area contributed by atoms with Gasteiger partial charge in [0.2, 0.25) is 5.91 Å². The highest BCUT2D eigenvalue weighted by Crippen LogP contribution is 2.15. The Balaban J connectivity index is 2.79. The molecule has 2 atom stereocenters. The molecule has 0 saturated carbocycles. The molecule has 0 bridgehead atoms. The molecule has 1 amide bonds. The third-order valence-electron chi connectivity index (χ3n) is 4.06. The topological polar surface area (TPSA) is 32.3 Å². The molecule has 118 valence electrons. The molecule has 0 aliphatic heterocycles. The Labute approximate surface area is 129 Å². The number of likely N-dealkylation sites (N-methyl/N-ethyl adjacent to an activating group) is 1. The minimum absolute atomic E-state index is 0.0296. The highest BCUT2D eigenvalue weighted by Gasteiger charge is 2.24. The van der Waals surface area contributed by atoms with Gasteiger partial charge < -0.3 is 10.2 Å². The average molecular weight is 290 g/mol. The van der Waals surface area contributed by atoms with E-state index in [1.807, 2.05) is 18.9 Å². The van der Waals surface area contributed by atoms with Gasteiger partial charge in [0.25, 0.3) is 0 Å². The van der Waals surface area contributed by atoms with E-state index >= 15 is 0 Å². The fraction of sp³-hybridized carbons (Fsp3) is 0.611. The summed E-state index contributed by atoms with van der Waals surface area (Å²) in [5.74, 6) is 0.285. The fourth-order valence-corrected chi connectivity index (χ4v) is 2.74. The normalized spacial score (nSPS) is 13.8. The maximum atomic E-state index is 12.6.